The fraction of sp³-hybridized carbons (Fsp3) is 0.500. The van der Waals surface area contributed by atoms with Gasteiger partial charge in [-0.2, -0.15) is 9.56 Å². The molecule has 1 saturated heterocycles. The summed E-state index contributed by atoms with van der Waals surface area (Å²) in [4.78, 5) is 19.0. The average Bonchev–Trinajstić information content (AvgIpc) is 3.97. The van der Waals surface area contributed by atoms with E-state index >= 15 is 4.39 Å². The largest absolute Gasteiger partial charge is 0.490 e. The number of allylic oxidation sites excluding steroid dienone is 1. The van der Waals surface area contributed by atoms with Gasteiger partial charge in [0.15, 0.2) is 22.9 Å². The minimum absolute atomic E-state index is 0.248. The number of likely N-dealkylation sites (N-methyl/N-ethyl adjacent to an activating group) is 1. The lowest BCUT2D eigenvalue weighted by atomic mass is 9.95. The van der Waals surface area contributed by atoms with E-state index in [1.807, 2.05) is 44.4 Å². The fourth-order valence-electron chi connectivity index (χ4n) is 8.55. The van der Waals surface area contributed by atoms with Crippen LogP contribution in [0.4, 0.5) is 27.5 Å². The van der Waals surface area contributed by atoms with Crippen LogP contribution in [-0.4, -0.2) is 115 Å². The second kappa shape index (κ2) is 17.7. The second-order valence-electron chi connectivity index (χ2n) is 15.9. The number of likely N-dealkylation sites (tertiary alicyclic amines) is 1. The van der Waals surface area contributed by atoms with Gasteiger partial charge in [-0.1, -0.05) is 13.0 Å². The van der Waals surface area contributed by atoms with Crippen LogP contribution in [0, 0.1) is 5.82 Å². The number of amidine groups is 1. The number of benzene rings is 2. The average molecular weight is 794 g/mol. The molecule has 0 bridgehead atoms. The van der Waals surface area contributed by atoms with Crippen LogP contribution >= 0.6 is 0 Å². The van der Waals surface area contributed by atoms with Crippen LogP contribution in [0.25, 0.3) is 16.5 Å². The van der Waals surface area contributed by atoms with Gasteiger partial charge in [-0.05, 0) is 82.1 Å². The summed E-state index contributed by atoms with van der Waals surface area (Å²) in [5, 5.41) is 14.5. The van der Waals surface area contributed by atoms with Gasteiger partial charge < -0.3 is 34.7 Å². The molecule has 4 aromatic rings. The van der Waals surface area contributed by atoms with Crippen molar-refractivity contribution in [2.75, 3.05) is 83.0 Å². The Kier molecular flexibility index (Phi) is 12.1. The van der Waals surface area contributed by atoms with E-state index in [-0.39, 0.29) is 18.2 Å². The van der Waals surface area contributed by atoms with Crippen molar-refractivity contribution >= 4 is 51.2 Å². The zero-order valence-electron chi connectivity index (χ0n) is 34.6. The highest BCUT2D eigenvalue weighted by atomic mass is 19.1. The predicted molar refractivity (Wildman–Crippen MR) is 230 cm³/mol. The number of fused-ring (bicyclic) bond motifs is 2. The first kappa shape index (κ1) is 39.6. The lowest BCUT2D eigenvalue weighted by molar-refractivity contribution is -0.538. The van der Waals surface area contributed by atoms with Crippen LogP contribution < -0.4 is 30.7 Å². The van der Waals surface area contributed by atoms with Crippen LogP contribution in [0.15, 0.2) is 52.1 Å². The van der Waals surface area contributed by atoms with Crippen LogP contribution in [0.1, 0.15) is 69.2 Å². The highest BCUT2D eigenvalue weighted by Gasteiger charge is 2.34. The molecule has 2 aromatic carbocycles. The van der Waals surface area contributed by atoms with E-state index in [0.717, 1.165) is 96.9 Å². The number of nitrogens with zero attached hydrogens (tertiary/aromatic N) is 6. The third-order valence-electron chi connectivity index (χ3n) is 11.9. The molecule has 4 N–H and O–H groups in total. The van der Waals surface area contributed by atoms with Crippen molar-refractivity contribution in [3.63, 3.8) is 0 Å². The molecule has 4 aliphatic heterocycles. The minimum Gasteiger partial charge on any atom is -0.490 e. The minimum atomic E-state index is -0.354. The van der Waals surface area contributed by atoms with E-state index in [2.05, 4.69) is 60.6 Å². The maximum Gasteiger partial charge on any atom is 0.307 e. The van der Waals surface area contributed by atoms with Gasteiger partial charge in [0, 0.05) is 75.7 Å². The molecule has 13 nitrogen and oxygen atoms in total. The summed E-state index contributed by atoms with van der Waals surface area (Å²) in [6, 6.07) is 9.78. The van der Waals surface area contributed by atoms with Crippen molar-refractivity contribution in [3.8, 4) is 11.5 Å². The smallest absolute Gasteiger partial charge is 0.307 e. The van der Waals surface area contributed by atoms with Crippen molar-refractivity contribution in [2.45, 2.75) is 77.6 Å². The van der Waals surface area contributed by atoms with Gasteiger partial charge >= 0.3 is 6.29 Å². The van der Waals surface area contributed by atoms with Gasteiger partial charge in [-0.3, -0.25) is 15.2 Å². The van der Waals surface area contributed by atoms with Crippen LogP contribution in [-0.2, 0) is 12.8 Å². The standard InChI is InChI=1S/C44H58FN10O3/c1-6-54-16-9-11-29(12-18-54)39-40(45)35(50-44-52-37(46-3)21-28(2)53(44)5)24-31-23-34(58-42(31)39)25-33-27-38(47-4)51-43(49-33)48-32-22-30-13-20-57-41(30)36(26-32)56-19-10-17-55-14-7-8-15-55/h12-13,20,22,24,26-27,34,44,50H,6-11,14-19,21,23,25H2,1-5H3,(H,46,52)(H2,47,48,49,51)/q+1. The topological polar surface area (TPSA) is 127 Å². The number of halogens is 1. The Morgan fingerprint density at radius 3 is 2.76 bits per heavy atom. The Hall–Kier alpha value is -5.21. The van der Waals surface area contributed by atoms with Gasteiger partial charge in [0.1, 0.15) is 30.6 Å². The van der Waals surface area contributed by atoms with Gasteiger partial charge in [-0.25, -0.2) is 9.37 Å². The summed E-state index contributed by atoms with van der Waals surface area (Å²) in [6.07, 6.45) is 10.4. The Labute approximate surface area is 340 Å². The summed E-state index contributed by atoms with van der Waals surface area (Å²) in [6.45, 7) is 11.0. The van der Waals surface area contributed by atoms with Crippen molar-refractivity contribution in [1.29, 1.82) is 0 Å². The quantitative estimate of drug-likeness (QED) is 0.0789. The molecule has 0 amide bonds. The van der Waals surface area contributed by atoms with E-state index in [4.69, 9.17) is 23.9 Å². The molecule has 1 fully saturated rings. The van der Waals surface area contributed by atoms with Crippen molar-refractivity contribution in [2.24, 2.45) is 4.99 Å². The van der Waals surface area contributed by atoms with Gasteiger partial charge in [0.25, 0.3) is 0 Å². The number of anilines is 4. The number of hydrogen-bond donors (Lipinski definition) is 4. The van der Waals surface area contributed by atoms with Crippen molar-refractivity contribution in [1.82, 2.24) is 25.1 Å². The van der Waals surface area contributed by atoms with Crippen molar-refractivity contribution in [3.05, 3.63) is 65.3 Å². The fourth-order valence-corrected chi connectivity index (χ4v) is 8.55. The first-order valence-electron chi connectivity index (χ1n) is 21.0. The summed E-state index contributed by atoms with van der Waals surface area (Å²) in [5.74, 6) is 3.03. The Balaban J connectivity index is 1.03. The SMILES string of the molecule is CCN1CC=C(c2c(F)c(NC3NC(=NC)CC(C)=[N+]3C)cc3c2OC(Cc2cc(NC)nc(Nc4cc(OCCCN5CCCC5)c5occc5c4)n2)C3)CCC1. The lowest BCUT2D eigenvalue weighted by Crippen LogP contribution is -2.53. The molecule has 0 radical (unpaired) electrons. The zero-order valence-corrected chi connectivity index (χ0v) is 34.6. The lowest BCUT2D eigenvalue weighted by Gasteiger charge is -2.25. The normalized spacial score (nSPS) is 20.8. The van der Waals surface area contributed by atoms with Crippen LogP contribution in [0.3, 0.4) is 0 Å². The molecule has 0 spiro atoms. The van der Waals surface area contributed by atoms with E-state index < -0.39 is 0 Å². The number of ether oxygens (including phenoxy) is 2. The first-order chi connectivity index (χ1) is 28.3. The molecular formula is C44H58FN10O3+. The first-order valence-corrected chi connectivity index (χ1v) is 21.0. The predicted octanol–water partition coefficient (Wildman–Crippen LogP) is 6.88. The van der Waals surface area contributed by atoms with Crippen molar-refractivity contribution < 1.29 is 22.9 Å². The van der Waals surface area contributed by atoms with Gasteiger partial charge in [0.05, 0.1) is 36.2 Å². The molecule has 308 valence electrons. The van der Waals surface area contributed by atoms with Crippen LogP contribution in [0.2, 0.25) is 0 Å². The highest BCUT2D eigenvalue weighted by Crippen LogP contribution is 2.44. The number of nitrogens with one attached hydrogen (secondary N) is 4. The van der Waals surface area contributed by atoms with Crippen LogP contribution in [0.5, 0.6) is 11.5 Å². The Bertz CT molecular complexity index is 2210. The Morgan fingerprint density at radius 2 is 1.95 bits per heavy atom. The molecular weight excluding hydrogens is 736 g/mol. The van der Waals surface area contributed by atoms with Gasteiger partial charge in [-0.15, -0.1) is 0 Å². The number of aliphatic imine (C=N–C) groups is 1. The maximum atomic E-state index is 17.0. The van der Waals surface area contributed by atoms with E-state index in [0.29, 0.717) is 54.0 Å². The summed E-state index contributed by atoms with van der Waals surface area (Å²) < 4.78 is 38.0. The Morgan fingerprint density at radius 1 is 1.10 bits per heavy atom. The molecule has 58 heavy (non-hydrogen) atoms. The highest BCUT2D eigenvalue weighted by molar-refractivity contribution is 6.01. The zero-order chi connectivity index (χ0) is 40.2. The number of hydrogen-bond acceptors (Lipinski definition) is 11. The molecule has 6 heterocycles. The maximum absolute atomic E-state index is 17.0. The number of furan rings is 1. The third-order valence-corrected chi connectivity index (χ3v) is 11.9. The monoisotopic (exact) mass is 793 g/mol. The molecule has 4 aliphatic rings. The molecule has 2 unspecified atom stereocenters. The third kappa shape index (κ3) is 8.77. The summed E-state index contributed by atoms with van der Waals surface area (Å²) in [5.41, 5.74) is 6.46. The number of aromatic nitrogens is 2. The molecule has 0 aliphatic carbocycles. The van der Waals surface area contributed by atoms with E-state index in [1.165, 1.54) is 25.9 Å². The van der Waals surface area contributed by atoms with Gasteiger partial charge in [0.2, 0.25) is 5.95 Å². The number of rotatable bonds is 14. The summed E-state index contributed by atoms with van der Waals surface area (Å²) >= 11 is 0. The van der Waals surface area contributed by atoms with E-state index in [1.54, 1.807) is 13.3 Å². The molecule has 0 saturated carbocycles. The summed E-state index contributed by atoms with van der Waals surface area (Å²) in [7, 11) is 5.64. The molecule has 2 atom stereocenters. The van der Waals surface area contributed by atoms with E-state index in [9.17, 15) is 0 Å². The second-order valence-corrected chi connectivity index (χ2v) is 15.9. The molecule has 8 rings (SSSR count). The molecule has 2 aromatic heterocycles. The molecule has 14 heteroatoms.